The Hall–Kier alpha value is -2.80. The first-order valence-electron chi connectivity index (χ1n) is 7.27. The number of nitrogens with one attached hydrogen (secondary N) is 1. The van der Waals surface area contributed by atoms with Crippen LogP contribution in [-0.4, -0.2) is 33.3 Å². The number of carbonyl (C=O) groups is 1. The zero-order chi connectivity index (χ0) is 16.8. The molecule has 6 nitrogen and oxygen atoms in total. The number of rotatable bonds is 6. The van der Waals surface area contributed by atoms with Gasteiger partial charge in [-0.05, 0) is 36.4 Å². The van der Waals surface area contributed by atoms with Crippen LogP contribution in [0.3, 0.4) is 0 Å². The summed E-state index contributed by atoms with van der Waals surface area (Å²) in [5, 5.41) is 3.55. The molecule has 0 aliphatic heterocycles. The Morgan fingerprint density at radius 2 is 2.08 bits per heavy atom. The Morgan fingerprint density at radius 1 is 1.25 bits per heavy atom. The summed E-state index contributed by atoms with van der Waals surface area (Å²) in [6, 6.07) is 11.2. The second-order valence-corrected chi connectivity index (χ2v) is 5.80. The van der Waals surface area contributed by atoms with Crippen molar-refractivity contribution in [2.45, 2.75) is 5.16 Å². The summed E-state index contributed by atoms with van der Waals surface area (Å²) in [6.45, 7) is 0. The summed E-state index contributed by atoms with van der Waals surface area (Å²) in [5.74, 6) is 0.961. The molecule has 2 heterocycles. The number of carbonyl (C=O) groups excluding carboxylic acids is 1. The maximum absolute atomic E-state index is 12.0. The monoisotopic (exact) mass is 340 g/mol. The van der Waals surface area contributed by atoms with Crippen LogP contribution in [0.4, 0.5) is 5.69 Å². The third kappa shape index (κ3) is 3.94. The maximum Gasteiger partial charge on any atom is 0.234 e. The first-order valence-corrected chi connectivity index (χ1v) is 8.25. The van der Waals surface area contributed by atoms with Gasteiger partial charge in [-0.3, -0.25) is 14.3 Å². The summed E-state index contributed by atoms with van der Waals surface area (Å²) < 4.78 is 7.10. The fourth-order valence-corrected chi connectivity index (χ4v) is 2.87. The molecular weight excluding hydrogens is 324 g/mol. The third-order valence-electron chi connectivity index (χ3n) is 3.24. The first-order chi connectivity index (χ1) is 11.8. The van der Waals surface area contributed by atoms with Crippen LogP contribution < -0.4 is 10.1 Å². The zero-order valence-corrected chi connectivity index (χ0v) is 13.9. The van der Waals surface area contributed by atoms with E-state index >= 15 is 0 Å². The number of imidazole rings is 1. The molecule has 3 aromatic rings. The quantitative estimate of drug-likeness (QED) is 0.699. The Bertz CT molecular complexity index is 803. The van der Waals surface area contributed by atoms with Crippen LogP contribution in [0.25, 0.3) is 5.69 Å². The van der Waals surface area contributed by atoms with Crippen molar-refractivity contribution in [1.82, 2.24) is 14.5 Å². The molecule has 0 saturated heterocycles. The molecule has 0 fully saturated rings. The van der Waals surface area contributed by atoms with E-state index in [1.165, 1.54) is 11.8 Å². The van der Waals surface area contributed by atoms with Crippen LogP contribution in [0.15, 0.2) is 66.3 Å². The van der Waals surface area contributed by atoms with Crippen molar-refractivity contribution in [3.05, 3.63) is 61.2 Å². The fourth-order valence-electron chi connectivity index (χ4n) is 2.10. The van der Waals surface area contributed by atoms with Gasteiger partial charge in [0.15, 0.2) is 5.16 Å². The van der Waals surface area contributed by atoms with Crippen molar-refractivity contribution in [3.8, 4) is 11.4 Å². The van der Waals surface area contributed by atoms with Gasteiger partial charge < -0.3 is 10.1 Å². The van der Waals surface area contributed by atoms with Crippen molar-refractivity contribution in [2.75, 3.05) is 18.2 Å². The molecule has 0 spiro atoms. The molecule has 0 aliphatic carbocycles. The predicted octanol–water partition coefficient (Wildman–Crippen LogP) is 3.01. The topological polar surface area (TPSA) is 69.0 Å². The molecule has 0 atom stereocenters. The molecule has 0 radical (unpaired) electrons. The summed E-state index contributed by atoms with van der Waals surface area (Å²) in [6.07, 6.45) is 6.85. The average molecular weight is 340 g/mol. The van der Waals surface area contributed by atoms with Crippen LogP contribution in [0.5, 0.6) is 5.75 Å². The van der Waals surface area contributed by atoms with Gasteiger partial charge in [-0.1, -0.05) is 11.8 Å². The number of amides is 1. The average Bonchev–Trinajstić information content (AvgIpc) is 3.09. The van der Waals surface area contributed by atoms with E-state index in [0.29, 0.717) is 5.69 Å². The third-order valence-corrected chi connectivity index (χ3v) is 4.20. The zero-order valence-electron chi connectivity index (χ0n) is 13.0. The van der Waals surface area contributed by atoms with Gasteiger partial charge in [-0.2, -0.15) is 0 Å². The number of benzene rings is 1. The van der Waals surface area contributed by atoms with Crippen LogP contribution in [0, 0.1) is 0 Å². The van der Waals surface area contributed by atoms with Gasteiger partial charge in [0, 0.05) is 24.3 Å². The minimum absolute atomic E-state index is 0.0997. The Kier molecular flexibility index (Phi) is 5.12. The highest BCUT2D eigenvalue weighted by Crippen LogP contribution is 2.22. The molecule has 0 bridgehead atoms. The molecule has 7 heteroatoms. The van der Waals surface area contributed by atoms with E-state index in [1.54, 1.807) is 37.8 Å². The molecule has 1 aromatic carbocycles. The lowest BCUT2D eigenvalue weighted by Gasteiger charge is -2.08. The standard InChI is InChI=1S/C17H16N4O2S/c1-23-15-6-4-14(5-7-15)21-10-9-19-17(21)24-12-16(22)20-13-3-2-8-18-11-13/h2-11H,12H2,1H3,(H,20,22). The predicted molar refractivity (Wildman–Crippen MR) is 93.7 cm³/mol. The van der Waals surface area contributed by atoms with E-state index < -0.39 is 0 Å². The van der Waals surface area contributed by atoms with E-state index in [1.807, 2.05) is 35.0 Å². The van der Waals surface area contributed by atoms with E-state index in [-0.39, 0.29) is 11.7 Å². The van der Waals surface area contributed by atoms with Gasteiger partial charge in [0.1, 0.15) is 5.75 Å². The second kappa shape index (κ2) is 7.65. The fraction of sp³-hybridized carbons (Fsp3) is 0.118. The lowest BCUT2D eigenvalue weighted by Crippen LogP contribution is -2.14. The number of nitrogens with zero attached hydrogens (tertiary/aromatic N) is 3. The van der Waals surface area contributed by atoms with E-state index in [9.17, 15) is 4.79 Å². The minimum atomic E-state index is -0.0997. The number of hydrogen-bond donors (Lipinski definition) is 1. The van der Waals surface area contributed by atoms with Gasteiger partial charge in [-0.25, -0.2) is 4.98 Å². The molecule has 0 aliphatic rings. The van der Waals surface area contributed by atoms with Gasteiger partial charge >= 0.3 is 0 Å². The van der Waals surface area contributed by atoms with Crippen LogP contribution in [0.2, 0.25) is 0 Å². The number of pyridine rings is 1. The molecule has 3 rings (SSSR count). The van der Waals surface area contributed by atoms with Gasteiger partial charge in [0.05, 0.1) is 24.7 Å². The van der Waals surface area contributed by atoms with E-state index in [0.717, 1.165) is 16.6 Å². The molecular formula is C17H16N4O2S. The van der Waals surface area contributed by atoms with Crippen LogP contribution >= 0.6 is 11.8 Å². The largest absolute Gasteiger partial charge is 0.497 e. The van der Waals surface area contributed by atoms with E-state index in [2.05, 4.69) is 15.3 Å². The van der Waals surface area contributed by atoms with Crippen LogP contribution in [-0.2, 0) is 4.79 Å². The smallest absolute Gasteiger partial charge is 0.234 e. The normalized spacial score (nSPS) is 10.4. The minimum Gasteiger partial charge on any atom is -0.497 e. The highest BCUT2D eigenvalue weighted by molar-refractivity contribution is 7.99. The number of anilines is 1. The van der Waals surface area contributed by atoms with Crippen molar-refractivity contribution < 1.29 is 9.53 Å². The molecule has 24 heavy (non-hydrogen) atoms. The number of ether oxygens (including phenoxy) is 1. The SMILES string of the molecule is COc1ccc(-n2ccnc2SCC(=O)Nc2cccnc2)cc1. The van der Waals surface area contributed by atoms with E-state index in [4.69, 9.17) is 4.74 Å². The summed E-state index contributed by atoms with van der Waals surface area (Å²) >= 11 is 1.37. The molecule has 1 N–H and O–H groups in total. The summed E-state index contributed by atoms with van der Waals surface area (Å²) in [5.41, 5.74) is 1.64. The first kappa shape index (κ1) is 16.1. The van der Waals surface area contributed by atoms with Crippen molar-refractivity contribution >= 4 is 23.4 Å². The summed E-state index contributed by atoms with van der Waals surface area (Å²) in [4.78, 5) is 20.3. The number of thioether (sulfide) groups is 1. The lowest BCUT2D eigenvalue weighted by atomic mass is 10.3. The Balaban J connectivity index is 1.64. The summed E-state index contributed by atoms with van der Waals surface area (Å²) in [7, 11) is 1.63. The Labute approximate surface area is 143 Å². The van der Waals surface area contributed by atoms with Gasteiger partial charge in [0.25, 0.3) is 0 Å². The van der Waals surface area contributed by atoms with Crippen LogP contribution in [0.1, 0.15) is 0 Å². The molecule has 1 amide bonds. The maximum atomic E-state index is 12.0. The molecule has 0 unspecified atom stereocenters. The lowest BCUT2D eigenvalue weighted by molar-refractivity contribution is -0.113. The van der Waals surface area contributed by atoms with Crippen molar-refractivity contribution in [2.24, 2.45) is 0 Å². The number of hydrogen-bond acceptors (Lipinski definition) is 5. The van der Waals surface area contributed by atoms with Gasteiger partial charge in [-0.15, -0.1) is 0 Å². The highest BCUT2D eigenvalue weighted by Gasteiger charge is 2.09. The highest BCUT2D eigenvalue weighted by atomic mass is 32.2. The molecule has 122 valence electrons. The second-order valence-electron chi connectivity index (χ2n) is 4.86. The number of methoxy groups -OCH3 is 1. The Morgan fingerprint density at radius 3 is 2.79 bits per heavy atom. The van der Waals surface area contributed by atoms with Gasteiger partial charge in [0.2, 0.25) is 5.91 Å². The molecule has 2 aromatic heterocycles. The van der Waals surface area contributed by atoms with Crippen molar-refractivity contribution in [1.29, 1.82) is 0 Å². The molecule has 0 saturated carbocycles. The van der Waals surface area contributed by atoms with Crippen molar-refractivity contribution in [3.63, 3.8) is 0 Å². The number of aromatic nitrogens is 3.